The Hall–Kier alpha value is -2.64. The van der Waals surface area contributed by atoms with Crippen LogP contribution in [-0.4, -0.2) is 45.8 Å². The summed E-state index contributed by atoms with van der Waals surface area (Å²) in [7, 11) is 0. The molecule has 0 radical (unpaired) electrons. The Morgan fingerprint density at radius 3 is 2.65 bits per heavy atom. The van der Waals surface area contributed by atoms with Crippen molar-refractivity contribution in [3.8, 4) is 0 Å². The van der Waals surface area contributed by atoms with Crippen molar-refractivity contribution in [2.75, 3.05) is 31.1 Å². The van der Waals surface area contributed by atoms with E-state index in [1.54, 1.807) is 18.3 Å². The lowest BCUT2D eigenvalue weighted by atomic mass is 10.2. The first-order chi connectivity index (χ1) is 12.6. The summed E-state index contributed by atoms with van der Waals surface area (Å²) in [5.41, 5.74) is 2.15. The normalized spacial score (nSPS) is 15.5. The van der Waals surface area contributed by atoms with Gasteiger partial charge >= 0.3 is 0 Å². The van der Waals surface area contributed by atoms with E-state index in [-0.39, 0.29) is 10.6 Å². The van der Waals surface area contributed by atoms with Gasteiger partial charge in [0.15, 0.2) is 0 Å². The lowest BCUT2D eigenvalue weighted by molar-refractivity contribution is -0.384. The molecule has 8 heteroatoms. The van der Waals surface area contributed by atoms with Crippen molar-refractivity contribution in [2.24, 2.45) is 0 Å². The fourth-order valence-corrected chi connectivity index (χ4v) is 3.50. The molecule has 0 N–H and O–H groups in total. The molecule has 0 bridgehead atoms. The van der Waals surface area contributed by atoms with Gasteiger partial charge in [-0.15, -0.1) is 0 Å². The summed E-state index contributed by atoms with van der Waals surface area (Å²) in [6.45, 7) is 4.35. The maximum atomic E-state index is 10.9. The summed E-state index contributed by atoms with van der Waals surface area (Å²) in [6, 6.07) is 12.8. The number of halogens is 1. The van der Waals surface area contributed by atoms with E-state index in [1.165, 1.54) is 6.07 Å². The van der Waals surface area contributed by atoms with Crippen LogP contribution in [0.25, 0.3) is 10.9 Å². The average Bonchev–Trinajstić information content (AvgIpc) is 3.04. The van der Waals surface area contributed by atoms with Crippen molar-refractivity contribution < 1.29 is 4.92 Å². The minimum Gasteiger partial charge on any atom is -0.369 e. The van der Waals surface area contributed by atoms with Gasteiger partial charge in [-0.2, -0.15) is 5.10 Å². The maximum absolute atomic E-state index is 10.9. The van der Waals surface area contributed by atoms with E-state index in [0.717, 1.165) is 47.8 Å². The number of anilines is 1. The highest BCUT2D eigenvalue weighted by Gasteiger charge is 2.19. The zero-order chi connectivity index (χ0) is 18.1. The molecule has 134 valence electrons. The van der Waals surface area contributed by atoms with Crippen LogP contribution < -0.4 is 4.90 Å². The molecule has 1 fully saturated rings. The summed E-state index contributed by atoms with van der Waals surface area (Å²) >= 11 is 6.08. The van der Waals surface area contributed by atoms with Gasteiger partial charge in [-0.3, -0.25) is 19.7 Å². The predicted octanol–water partition coefficient (Wildman–Crippen LogP) is 3.38. The number of aromatic nitrogens is 2. The molecule has 0 saturated carbocycles. The van der Waals surface area contributed by atoms with E-state index in [1.807, 2.05) is 22.9 Å². The number of rotatable bonds is 4. The standard InChI is InChI=1S/C18H18ClN5O2/c19-15-2-1-3-16(11-15)22-8-6-21(7-9-22)13-23-18-5-4-17(24(25)26)10-14(18)12-20-23/h1-5,10-12H,6-9,13H2. The van der Waals surface area contributed by atoms with Gasteiger partial charge in [-0.25, -0.2) is 0 Å². The molecule has 1 aliphatic rings. The number of piperazine rings is 1. The second kappa shape index (κ2) is 6.93. The van der Waals surface area contributed by atoms with E-state index < -0.39 is 0 Å². The Balaban J connectivity index is 1.43. The van der Waals surface area contributed by atoms with Gasteiger partial charge in [0.25, 0.3) is 5.69 Å². The van der Waals surface area contributed by atoms with Crippen LogP contribution in [0.2, 0.25) is 5.02 Å². The average molecular weight is 372 g/mol. The van der Waals surface area contributed by atoms with E-state index in [0.29, 0.717) is 6.67 Å². The first-order valence-corrected chi connectivity index (χ1v) is 8.81. The molecule has 1 aromatic heterocycles. The van der Waals surface area contributed by atoms with Crippen molar-refractivity contribution in [2.45, 2.75) is 6.67 Å². The largest absolute Gasteiger partial charge is 0.369 e. The van der Waals surface area contributed by atoms with E-state index in [2.05, 4.69) is 21.0 Å². The molecule has 1 saturated heterocycles. The minimum atomic E-state index is -0.383. The third-order valence-electron chi connectivity index (χ3n) is 4.72. The number of benzene rings is 2. The van der Waals surface area contributed by atoms with Crippen LogP contribution in [0, 0.1) is 10.1 Å². The molecule has 0 aliphatic carbocycles. The van der Waals surface area contributed by atoms with Gasteiger partial charge < -0.3 is 4.90 Å². The lowest BCUT2D eigenvalue weighted by Crippen LogP contribution is -2.46. The number of nitro groups is 1. The van der Waals surface area contributed by atoms with Crippen molar-refractivity contribution in [3.05, 3.63) is 63.8 Å². The van der Waals surface area contributed by atoms with Gasteiger partial charge in [0, 0.05) is 54.4 Å². The number of nitro benzene ring substituents is 1. The van der Waals surface area contributed by atoms with Crippen molar-refractivity contribution in [1.29, 1.82) is 0 Å². The van der Waals surface area contributed by atoms with E-state index >= 15 is 0 Å². The highest BCUT2D eigenvalue weighted by Crippen LogP contribution is 2.23. The molecule has 1 aliphatic heterocycles. The Kier molecular flexibility index (Phi) is 4.48. The van der Waals surface area contributed by atoms with E-state index in [4.69, 9.17) is 11.6 Å². The van der Waals surface area contributed by atoms with Crippen LogP contribution >= 0.6 is 11.6 Å². The molecule has 2 aromatic carbocycles. The zero-order valence-electron chi connectivity index (χ0n) is 14.1. The topological polar surface area (TPSA) is 67.4 Å². The second-order valence-corrected chi connectivity index (χ2v) is 6.81. The minimum absolute atomic E-state index is 0.0900. The summed E-state index contributed by atoms with van der Waals surface area (Å²) in [5.74, 6) is 0. The molecule has 26 heavy (non-hydrogen) atoms. The predicted molar refractivity (Wildman–Crippen MR) is 102 cm³/mol. The van der Waals surface area contributed by atoms with Gasteiger partial charge in [0.2, 0.25) is 0 Å². The van der Waals surface area contributed by atoms with Gasteiger partial charge in [-0.05, 0) is 24.3 Å². The molecule has 2 heterocycles. The molecule has 0 atom stereocenters. The Morgan fingerprint density at radius 1 is 1.12 bits per heavy atom. The van der Waals surface area contributed by atoms with Crippen LogP contribution in [0.4, 0.5) is 11.4 Å². The Morgan fingerprint density at radius 2 is 1.92 bits per heavy atom. The summed E-state index contributed by atoms with van der Waals surface area (Å²) in [4.78, 5) is 15.2. The first kappa shape index (κ1) is 16.8. The molecular weight excluding hydrogens is 354 g/mol. The lowest BCUT2D eigenvalue weighted by Gasteiger charge is -2.36. The Bertz CT molecular complexity index is 950. The third kappa shape index (κ3) is 3.36. The fraction of sp³-hybridized carbons (Fsp3) is 0.278. The van der Waals surface area contributed by atoms with Gasteiger partial charge in [-0.1, -0.05) is 17.7 Å². The van der Waals surface area contributed by atoms with Gasteiger partial charge in [0.05, 0.1) is 23.3 Å². The number of hydrogen-bond donors (Lipinski definition) is 0. The van der Waals surface area contributed by atoms with Crippen LogP contribution in [0.5, 0.6) is 0 Å². The number of nitrogens with zero attached hydrogens (tertiary/aromatic N) is 5. The Labute approximate surface area is 155 Å². The number of non-ortho nitro benzene ring substituents is 1. The quantitative estimate of drug-likeness (QED) is 0.519. The second-order valence-electron chi connectivity index (χ2n) is 6.37. The summed E-state index contributed by atoms with van der Waals surface area (Å²) < 4.78 is 1.90. The molecular formula is C18H18ClN5O2. The molecule has 0 amide bonds. The smallest absolute Gasteiger partial charge is 0.270 e. The SMILES string of the molecule is O=[N+]([O-])c1ccc2c(cnn2CN2CCN(c3cccc(Cl)c3)CC2)c1. The van der Waals surface area contributed by atoms with Crippen LogP contribution in [0.3, 0.4) is 0 Å². The van der Waals surface area contributed by atoms with Crippen molar-refractivity contribution in [3.63, 3.8) is 0 Å². The van der Waals surface area contributed by atoms with Crippen LogP contribution in [0.1, 0.15) is 0 Å². The monoisotopic (exact) mass is 371 g/mol. The molecule has 3 aromatic rings. The zero-order valence-corrected chi connectivity index (χ0v) is 14.8. The van der Waals surface area contributed by atoms with Crippen LogP contribution in [0.15, 0.2) is 48.7 Å². The molecule has 4 rings (SSSR count). The third-order valence-corrected chi connectivity index (χ3v) is 4.95. The summed E-state index contributed by atoms with van der Waals surface area (Å²) in [5, 5.41) is 16.8. The maximum Gasteiger partial charge on any atom is 0.270 e. The van der Waals surface area contributed by atoms with E-state index in [9.17, 15) is 10.1 Å². The highest BCUT2D eigenvalue weighted by atomic mass is 35.5. The van der Waals surface area contributed by atoms with Crippen molar-refractivity contribution in [1.82, 2.24) is 14.7 Å². The first-order valence-electron chi connectivity index (χ1n) is 8.43. The molecule has 0 unspecified atom stereocenters. The summed E-state index contributed by atoms with van der Waals surface area (Å²) in [6.07, 6.45) is 1.69. The van der Waals surface area contributed by atoms with Crippen molar-refractivity contribution >= 4 is 33.9 Å². The number of hydrogen-bond acceptors (Lipinski definition) is 5. The van der Waals surface area contributed by atoms with Crippen LogP contribution in [-0.2, 0) is 6.67 Å². The fourth-order valence-electron chi connectivity index (χ4n) is 3.31. The molecule has 0 spiro atoms. The van der Waals surface area contributed by atoms with Gasteiger partial charge in [0.1, 0.15) is 0 Å². The number of fused-ring (bicyclic) bond motifs is 1. The highest BCUT2D eigenvalue weighted by molar-refractivity contribution is 6.30. The molecule has 7 nitrogen and oxygen atoms in total.